The van der Waals surface area contributed by atoms with E-state index in [1.807, 2.05) is 49.0 Å². The van der Waals surface area contributed by atoms with Crippen molar-refractivity contribution in [3.8, 4) is 11.3 Å². The molecule has 6 nitrogen and oxygen atoms in total. The number of pyridine rings is 1. The van der Waals surface area contributed by atoms with E-state index in [1.165, 1.54) is 5.56 Å². The Kier molecular flexibility index (Phi) is 2.63. The zero-order chi connectivity index (χ0) is 15.4. The molecule has 0 aromatic carbocycles. The van der Waals surface area contributed by atoms with Crippen LogP contribution in [0.2, 0.25) is 0 Å². The van der Waals surface area contributed by atoms with Crippen molar-refractivity contribution in [3.63, 3.8) is 0 Å². The SMILES string of the molecule is CCc1c(-c2cn(C)nc2C)nc2ncc3c[nH]n(C)c3c12. The predicted octanol–water partition coefficient (Wildman–Crippen LogP) is 2.72. The van der Waals surface area contributed by atoms with E-state index >= 15 is 0 Å². The van der Waals surface area contributed by atoms with Gasteiger partial charge in [0.25, 0.3) is 0 Å². The summed E-state index contributed by atoms with van der Waals surface area (Å²) in [7, 11) is 3.95. The molecule has 0 atom stereocenters. The zero-order valence-corrected chi connectivity index (χ0v) is 13.2. The monoisotopic (exact) mass is 294 g/mol. The Labute approximate surface area is 127 Å². The van der Waals surface area contributed by atoms with Gasteiger partial charge in [0.15, 0.2) is 5.65 Å². The third kappa shape index (κ3) is 1.63. The molecule has 0 saturated carbocycles. The van der Waals surface area contributed by atoms with Crippen LogP contribution >= 0.6 is 0 Å². The number of aromatic nitrogens is 6. The third-order valence-electron chi connectivity index (χ3n) is 4.24. The topological polar surface area (TPSA) is 64.3 Å². The largest absolute Gasteiger partial charge is 0.305 e. The summed E-state index contributed by atoms with van der Waals surface area (Å²) in [5.74, 6) is 0. The fraction of sp³-hybridized carbons (Fsp3) is 0.312. The molecule has 0 unspecified atom stereocenters. The van der Waals surface area contributed by atoms with E-state index in [-0.39, 0.29) is 0 Å². The highest BCUT2D eigenvalue weighted by atomic mass is 15.3. The van der Waals surface area contributed by atoms with Crippen LogP contribution in [0.5, 0.6) is 0 Å². The molecule has 4 aromatic heterocycles. The van der Waals surface area contributed by atoms with Gasteiger partial charge in [-0.1, -0.05) is 6.92 Å². The Morgan fingerprint density at radius 1 is 1.27 bits per heavy atom. The summed E-state index contributed by atoms with van der Waals surface area (Å²) in [6.45, 7) is 4.19. The molecule has 22 heavy (non-hydrogen) atoms. The van der Waals surface area contributed by atoms with Crippen LogP contribution in [-0.2, 0) is 20.5 Å². The maximum absolute atomic E-state index is 4.81. The number of hydrogen-bond acceptors (Lipinski definition) is 3. The van der Waals surface area contributed by atoms with E-state index in [2.05, 4.69) is 22.1 Å². The second-order valence-corrected chi connectivity index (χ2v) is 5.69. The lowest BCUT2D eigenvalue weighted by atomic mass is 10.0. The molecule has 0 spiro atoms. The smallest absolute Gasteiger partial charge is 0.162 e. The number of H-pyrrole nitrogens is 1. The Morgan fingerprint density at radius 3 is 2.77 bits per heavy atom. The second-order valence-electron chi connectivity index (χ2n) is 5.69. The lowest BCUT2D eigenvalue weighted by Gasteiger charge is -2.02. The maximum Gasteiger partial charge on any atom is 0.162 e. The fourth-order valence-electron chi connectivity index (χ4n) is 3.26. The summed E-state index contributed by atoms with van der Waals surface area (Å²) in [4.78, 5) is 9.35. The normalized spacial score (nSPS) is 11.8. The molecule has 4 aromatic rings. The number of hydrogen-bond donors (Lipinski definition) is 1. The predicted molar refractivity (Wildman–Crippen MR) is 86.7 cm³/mol. The van der Waals surface area contributed by atoms with E-state index in [0.717, 1.165) is 45.3 Å². The standard InChI is InChI=1S/C16H18N6/c1-5-11-13-15-10(7-18-22(15)4)6-17-16(13)19-14(11)12-8-21(3)20-9(12)2/h6-8,18H,5H2,1-4H3. The van der Waals surface area contributed by atoms with Gasteiger partial charge in [-0.2, -0.15) is 5.10 Å². The highest BCUT2D eigenvalue weighted by molar-refractivity contribution is 6.06. The van der Waals surface area contributed by atoms with Crippen molar-refractivity contribution in [1.29, 1.82) is 0 Å². The van der Waals surface area contributed by atoms with Crippen LogP contribution in [0, 0.1) is 6.92 Å². The average Bonchev–Trinajstić information content (AvgIpc) is 3.13. The summed E-state index contributed by atoms with van der Waals surface area (Å²) in [6, 6.07) is 0. The van der Waals surface area contributed by atoms with Gasteiger partial charge in [0.1, 0.15) is 0 Å². The minimum absolute atomic E-state index is 0.804. The molecule has 0 aliphatic carbocycles. The van der Waals surface area contributed by atoms with Gasteiger partial charge in [0.2, 0.25) is 0 Å². The molecular formula is C16H18N6. The van der Waals surface area contributed by atoms with Crippen LogP contribution in [0.25, 0.3) is 33.2 Å². The lowest BCUT2D eigenvalue weighted by Crippen LogP contribution is -1.92. The molecule has 4 heterocycles. The van der Waals surface area contributed by atoms with Crippen molar-refractivity contribution in [2.75, 3.05) is 0 Å². The van der Waals surface area contributed by atoms with E-state index in [9.17, 15) is 0 Å². The molecular weight excluding hydrogens is 276 g/mol. The van der Waals surface area contributed by atoms with Crippen molar-refractivity contribution in [1.82, 2.24) is 29.5 Å². The number of fused-ring (bicyclic) bond motifs is 3. The van der Waals surface area contributed by atoms with Crippen molar-refractivity contribution in [2.24, 2.45) is 14.1 Å². The Balaban J connectivity index is 2.15. The van der Waals surface area contributed by atoms with Crippen LogP contribution in [0.3, 0.4) is 0 Å². The summed E-state index contributed by atoms with van der Waals surface area (Å²) >= 11 is 0. The second kappa shape index (κ2) is 4.43. The van der Waals surface area contributed by atoms with Crippen LogP contribution in [-0.4, -0.2) is 29.5 Å². The number of aromatic amines is 1. The van der Waals surface area contributed by atoms with Gasteiger partial charge in [-0.15, -0.1) is 0 Å². The molecule has 0 saturated heterocycles. The van der Waals surface area contributed by atoms with E-state index in [4.69, 9.17) is 4.98 Å². The van der Waals surface area contributed by atoms with Gasteiger partial charge in [0.05, 0.1) is 22.3 Å². The van der Waals surface area contributed by atoms with Gasteiger partial charge < -0.3 is 5.10 Å². The van der Waals surface area contributed by atoms with Gasteiger partial charge in [0, 0.05) is 43.6 Å². The van der Waals surface area contributed by atoms with Gasteiger partial charge in [-0.3, -0.25) is 9.36 Å². The first-order valence-electron chi connectivity index (χ1n) is 7.42. The Bertz CT molecular complexity index is 1000. The number of rotatable bonds is 2. The number of nitrogens with one attached hydrogen (secondary N) is 1. The highest BCUT2D eigenvalue weighted by Crippen LogP contribution is 2.35. The van der Waals surface area contributed by atoms with Crippen LogP contribution in [0.1, 0.15) is 18.2 Å². The molecule has 0 aliphatic rings. The van der Waals surface area contributed by atoms with Crippen molar-refractivity contribution < 1.29 is 0 Å². The van der Waals surface area contributed by atoms with Crippen LogP contribution in [0.4, 0.5) is 0 Å². The lowest BCUT2D eigenvalue weighted by molar-refractivity contribution is 0.756. The summed E-state index contributed by atoms with van der Waals surface area (Å²) < 4.78 is 3.86. The molecule has 6 heteroatoms. The van der Waals surface area contributed by atoms with Gasteiger partial charge in [-0.25, -0.2) is 9.97 Å². The summed E-state index contributed by atoms with van der Waals surface area (Å²) in [5, 5.41) is 9.91. The van der Waals surface area contributed by atoms with Gasteiger partial charge in [-0.05, 0) is 18.9 Å². The van der Waals surface area contributed by atoms with Crippen molar-refractivity contribution in [3.05, 3.63) is 29.8 Å². The first-order valence-corrected chi connectivity index (χ1v) is 7.42. The minimum atomic E-state index is 0.804. The fourth-order valence-corrected chi connectivity index (χ4v) is 3.26. The molecule has 0 fully saturated rings. The quantitative estimate of drug-likeness (QED) is 0.618. The van der Waals surface area contributed by atoms with Crippen molar-refractivity contribution in [2.45, 2.75) is 20.3 Å². The number of aryl methyl sites for hydroxylation is 4. The Hall–Kier alpha value is -2.63. The van der Waals surface area contributed by atoms with E-state index in [1.54, 1.807) is 0 Å². The third-order valence-corrected chi connectivity index (χ3v) is 4.24. The molecule has 0 radical (unpaired) electrons. The van der Waals surface area contributed by atoms with Crippen molar-refractivity contribution >= 4 is 21.9 Å². The highest BCUT2D eigenvalue weighted by Gasteiger charge is 2.20. The zero-order valence-electron chi connectivity index (χ0n) is 13.2. The maximum atomic E-state index is 4.81. The molecule has 4 rings (SSSR count). The Morgan fingerprint density at radius 2 is 2.09 bits per heavy atom. The van der Waals surface area contributed by atoms with Crippen LogP contribution in [0.15, 0.2) is 18.6 Å². The molecule has 0 amide bonds. The van der Waals surface area contributed by atoms with Gasteiger partial charge >= 0.3 is 0 Å². The summed E-state index contributed by atoms with van der Waals surface area (Å²) in [5.41, 5.74) is 6.28. The minimum Gasteiger partial charge on any atom is -0.305 e. The van der Waals surface area contributed by atoms with E-state index in [0.29, 0.717) is 0 Å². The molecule has 0 bridgehead atoms. The molecule has 1 N–H and O–H groups in total. The molecule has 112 valence electrons. The van der Waals surface area contributed by atoms with E-state index < -0.39 is 0 Å². The first kappa shape index (κ1) is 13.1. The first-order chi connectivity index (χ1) is 10.6. The summed E-state index contributed by atoms with van der Waals surface area (Å²) in [6.07, 6.45) is 6.79. The molecule has 0 aliphatic heterocycles. The number of nitrogens with zero attached hydrogens (tertiary/aromatic N) is 5. The van der Waals surface area contributed by atoms with Crippen LogP contribution < -0.4 is 0 Å². The average molecular weight is 294 g/mol.